The van der Waals surface area contributed by atoms with Gasteiger partial charge < -0.3 is 10.1 Å². The predicted octanol–water partition coefficient (Wildman–Crippen LogP) is 3.12. The summed E-state index contributed by atoms with van der Waals surface area (Å²) in [7, 11) is 1.49. The molecule has 1 heterocycles. The summed E-state index contributed by atoms with van der Waals surface area (Å²) in [5, 5.41) is 7.06. The number of nitrogens with zero attached hydrogens (tertiary/aromatic N) is 2. The molecule has 0 saturated heterocycles. The van der Waals surface area contributed by atoms with Gasteiger partial charge in [0.15, 0.2) is 6.61 Å². The van der Waals surface area contributed by atoms with Crippen LogP contribution in [-0.2, 0) is 16.1 Å². The number of nitrogens with one attached hydrogen (secondary N) is 1. The number of rotatable bonds is 6. The Labute approximate surface area is 164 Å². The van der Waals surface area contributed by atoms with Gasteiger partial charge in [-0.15, -0.1) is 0 Å². The summed E-state index contributed by atoms with van der Waals surface area (Å²) in [6.45, 7) is 4.25. The van der Waals surface area contributed by atoms with Gasteiger partial charge in [0.25, 0.3) is 5.91 Å². The number of likely N-dealkylation sites (N-methyl/N-ethyl adjacent to an activating group) is 1. The third kappa shape index (κ3) is 4.46. The van der Waals surface area contributed by atoms with Crippen molar-refractivity contribution < 1.29 is 14.3 Å². The van der Waals surface area contributed by atoms with E-state index in [2.05, 4.69) is 10.4 Å². The molecule has 28 heavy (non-hydrogen) atoms. The SMILES string of the molecule is CNC(=O)COC(=O)c1cn(Cc2ccccc2)nc1-c1ccc(C)c(C)c1. The molecule has 1 N–H and O–H groups in total. The van der Waals surface area contributed by atoms with E-state index >= 15 is 0 Å². The predicted molar refractivity (Wildman–Crippen MR) is 107 cm³/mol. The smallest absolute Gasteiger partial charge is 0.342 e. The normalized spacial score (nSPS) is 10.5. The number of esters is 1. The maximum absolute atomic E-state index is 12.6. The summed E-state index contributed by atoms with van der Waals surface area (Å²) in [5.74, 6) is -0.936. The number of aromatic nitrogens is 2. The van der Waals surface area contributed by atoms with Gasteiger partial charge in [-0.25, -0.2) is 4.79 Å². The Kier molecular flexibility index (Phi) is 5.89. The van der Waals surface area contributed by atoms with Gasteiger partial charge in [-0.1, -0.05) is 42.5 Å². The minimum absolute atomic E-state index is 0.328. The van der Waals surface area contributed by atoms with Gasteiger partial charge in [-0.2, -0.15) is 5.10 Å². The van der Waals surface area contributed by atoms with Crippen molar-refractivity contribution in [1.29, 1.82) is 0 Å². The third-order valence-corrected chi connectivity index (χ3v) is 4.56. The highest BCUT2D eigenvalue weighted by Gasteiger charge is 2.20. The summed E-state index contributed by atoms with van der Waals surface area (Å²) in [4.78, 5) is 24.0. The van der Waals surface area contributed by atoms with Crippen molar-refractivity contribution in [1.82, 2.24) is 15.1 Å². The van der Waals surface area contributed by atoms with Gasteiger partial charge in [-0.05, 0) is 36.6 Å². The van der Waals surface area contributed by atoms with Gasteiger partial charge in [0.05, 0.1) is 6.54 Å². The molecule has 3 rings (SSSR count). The summed E-state index contributed by atoms with van der Waals surface area (Å²) in [6, 6.07) is 15.8. The molecule has 0 unspecified atom stereocenters. The largest absolute Gasteiger partial charge is 0.452 e. The molecule has 6 heteroatoms. The van der Waals surface area contributed by atoms with Crippen LogP contribution in [0.25, 0.3) is 11.3 Å². The number of ether oxygens (including phenoxy) is 1. The average Bonchev–Trinajstić information content (AvgIpc) is 3.12. The summed E-state index contributed by atoms with van der Waals surface area (Å²) in [6.07, 6.45) is 1.67. The fourth-order valence-corrected chi connectivity index (χ4v) is 2.81. The fourth-order valence-electron chi connectivity index (χ4n) is 2.81. The number of hydrogen-bond donors (Lipinski definition) is 1. The second-order valence-electron chi connectivity index (χ2n) is 6.62. The van der Waals surface area contributed by atoms with Crippen molar-refractivity contribution >= 4 is 11.9 Å². The molecule has 6 nitrogen and oxygen atoms in total. The first-order valence-corrected chi connectivity index (χ1v) is 9.04. The Balaban J connectivity index is 1.96. The van der Waals surface area contributed by atoms with Crippen LogP contribution in [0.1, 0.15) is 27.0 Å². The molecule has 0 saturated carbocycles. The quantitative estimate of drug-likeness (QED) is 0.670. The maximum Gasteiger partial charge on any atom is 0.342 e. The summed E-state index contributed by atoms with van der Waals surface area (Å²) >= 11 is 0. The Morgan fingerprint density at radius 3 is 2.50 bits per heavy atom. The molecule has 0 radical (unpaired) electrons. The fraction of sp³-hybridized carbons (Fsp3) is 0.227. The first-order chi connectivity index (χ1) is 13.5. The second kappa shape index (κ2) is 8.52. The van der Waals surface area contributed by atoms with Gasteiger partial charge >= 0.3 is 5.97 Å². The van der Waals surface area contributed by atoms with E-state index in [1.807, 2.05) is 62.4 Å². The van der Waals surface area contributed by atoms with Crippen molar-refractivity contribution in [3.63, 3.8) is 0 Å². The molecule has 0 aliphatic carbocycles. The zero-order valence-electron chi connectivity index (χ0n) is 16.2. The van der Waals surface area contributed by atoms with E-state index in [0.29, 0.717) is 17.8 Å². The summed E-state index contributed by atoms with van der Waals surface area (Å²) in [5.41, 5.74) is 5.06. The van der Waals surface area contributed by atoms with Crippen LogP contribution in [0, 0.1) is 13.8 Å². The molecular formula is C22H23N3O3. The Hall–Kier alpha value is -3.41. The van der Waals surface area contributed by atoms with E-state index in [4.69, 9.17) is 4.74 Å². The van der Waals surface area contributed by atoms with Crippen LogP contribution >= 0.6 is 0 Å². The first kappa shape index (κ1) is 19.4. The number of carbonyl (C=O) groups is 2. The lowest BCUT2D eigenvalue weighted by atomic mass is 10.0. The van der Waals surface area contributed by atoms with Crippen LogP contribution in [0.2, 0.25) is 0 Å². The van der Waals surface area contributed by atoms with Gasteiger partial charge in [0.2, 0.25) is 0 Å². The lowest BCUT2D eigenvalue weighted by molar-refractivity contribution is -0.123. The van der Waals surface area contributed by atoms with E-state index in [1.54, 1.807) is 10.9 Å². The highest BCUT2D eigenvalue weighted by Crippen LogP contribution is 2.25. The summed E-state index contributed by atoms with van der Waals surface area (Å²) < 4.78 is 6.87. The van der Waals surface area contributed by atoms with Crippen molar-refractivity contribution in [3.8, 4) is 11.3 Å². The van der Waals surface area contributed by atoms with E-state index < -0.39 is 5.97 Å². The zero-order chi connectivity index (χ0) is 20.1. The number of aryl methyl sites for hydroxylation is 2. The number of benzene rings is 2. The molecule has 3 aromatic rings. The number of carbonyl (C=O) groups excluding carboxylic acids is 2. The van der Waals surface area contributed by atoms with Crippen LogP contribution < -0.4 is 5.32 Å². The lowest BCUT2D eigenvalue weighted by Crippen LogP contribution is -2.25. The van der Waals surface area contributed by atoms with E-state index in [9.17, 15) is 9.59 Å². The lowest BCUT2D eigenvalue weighted by Gasteiger charge is -2.06. The molecule has 1 amide bonds. The zero-order valence-corrected chi connectivity index (χ0v) is 16.2. The van der Waals surface area contributed by atoms with Crippen LogP contribution in [0.4, 0.5) is 0 Å². The van der Waals surface area contributed by atoms with Gasteiger partial charge in [-0.3, -0.25) is 9.48 Å². The Bertz CT molecular complexity index is 994. The van der Waals surface area contributed by atoms with Gasteiger partial charge in [0.1, 0.15) is 11.3 Å². The van der Waals surface area contributed by atoms with E-state index in [1.165, 1.54) is 7.05 Å². The first-order valence-electron chi connectivity index (χ1n) is 9.04. The molecule has 0 aliphatic heterocycles. The number of hydrogen-bond acceptors (Lipinski definition) is 4. The van der Waals surface area contributed by atoms with Crippen molar-refractivity contribution in [2.24, 2.45) is 0 Å². The molecule has 0 aliphatic rings. The topological polar surface area (TPSA) is 73.2 Å². The molecule has 0 fully saturated rings. The monoisotopic (exact) mass is 377 g/mol. The minimum Gasteiger partial charge on any atom is -0.452 e. The average molecular weight is 377 g/mol. The van der Waals surface area contributed by atoms with E-state index in [-0.39, 0.29) is 12.5 Å². The maximum atomic E-state index is 12.6. The van der Waals surface area contributed by atoms with Crippen LogP contribution in [0.3, 0.4) is 0 Å². The Morgan fingerprint density at radius 2 is 1.82 bits per heavy atom. The van der Waals surface area contributed by atoms with Crippen molar-refractivity contribution in [2.45, 2.75) is 20.4 Å². The molecule has 144 valence electrons. The van der Waals surface area contributed by atoms with Crippen LogP contribution in [0.15, 0.2) is 54.7 Å². The van der Waals surface area contributed by atoms with Crippen molar-refractivity contribution in [3.05, 3.63) is 77.0 Å². The minimum atomic E-state index is -0.573. The molecule has 2 aromatic carbocycles. The van der Waals surface area contributed by atoms with E-state index in [0.717, 1.165) is 22.3 Å². The molecule has 0 bridgehead atoms. The highest BCUT2D eigenvalue weighted by molar-refractivity contribution is 5.97. The van der Waals surface area contributed by atoms with Crippen LogP contribution in [-0.4, -0.2) is 35.3 Å². The van der Waals surface area contributed by atoms with Crippen molar-refractivity contribution in [2.75, 3.05) is 13.7 Å². The number of amides is 1. The molecule has 0 atom stereocenters. The second-order valence-corrected chi connectivity index (χ2v) is 6.62. The molecule has 0 spiro atoms. The Morgan fingerprint density at radius 1 is 1.07 bits per heavy atom. The van der Waals surface area contributed by atoms with Gasteiger partial charge in [0, 0.05) is 18.8 Å². The third-order valence-electron chi connectivity index (χ3n) is 4.56. The van der Waals surface area contributed by atoms with Crippen LogP contribution in [0.5, 0.6) is 0 Å². The standard InChI is InChI=1S/C22H23N3O3/c1-15-9-10-18(11-16(15)2)21-19(22(27)28-14-20(26)23-3)13-25(24-21)12-17-7-5-4-6-8-17/h4-11,13H,12,14H2,1-3H3,(H,23,26). The highest BCUT2D eigenvalue weighted by atomic mass is 16.5. The molecule has 1 aromatic heterocycles. The molecular weight excluding hydrogens is 354 g/mol.